The van der Waals surface area contributed by atoms with Gasteiger partial charge >= 0.3 is 0 Å². The van der Waals surface area contributed by atoms with Gasteiger partial charge in [0.25, 0.3) is 0 Å². The van der Waals surface area contributed by atoms with E-state index in [9.17, 15) is 0 Å². The fourth-order valence-electron chi connectivity index (χ4n) is 1.38. The molecule has 1 rings (SSSR count). The Kier molecular flexibility index (Phi) is 3.81. The number of anilines is 1. The average molecular weight is 235 g/mol. The molecule has 0 spiro atoms. The first-order chi connectivity index (χ1) is 7.22. The van der Waals surface area contributed by atoms with Crippen molar-refractivity contribution in [2.24, 2.45) is 0 Å². The SMILES string of the molecule is CC(C)(C)[Si]OC(C)(C)c1ccccc1N. The molecule has 2 nitrogen and oxygen atoms in total. The van der Waals surface area contributed by atoms with Crippen molar-refractivity contribution in [1.82, 2.24) is 0 Å². The summed E-state index contributed by atoms with van der Waals surface area (Å²) in [5, 5.41) is 0.195. The van der Waals surface area contributed by atoms with Crippen molar-refractivity contribution in [3.63, 3.8) is 0 Å². The number of benzene rings is 1. The van der Waals surface area contributed by atoms with Crippen LogP contribution in [0.25, 0.3) is 0 Å². The lowest BCUT2D eigenvalue weighted by Crippen LogP contribution is -2.28. The highest BCUT2D eigenvalue weighted by atomic mass is 28.2. The van der Waals surface area contributed by atoms with E-state index in [2.05, 4.69) is 34.6 Å². The van der Waals surface area contributed by atoms with Crippen LogP contribution < -0.4 is 5.73 Å². The van der Waals surface area contributed by atoms with Crippen LogP contribution in [0.15, 0.2) is 24.3 Å². The molecule has 0 saturated heterocycles. The quantitative estimate of drug-likeness (QED) is 0.644. The summed E-state index contributed by atoms with van der Waals surface area (Å²) in [4.78, 5) is 0. The van der Waals surface area contributed by atoms with Gasteiger partial charge in [-0.1, -0.05) is 39.0 Å². The van der Waals surface area contributed by atoms with Gasteiger partial charge in [-0.15, -0.1) is 0 Å². The van der Waals surface area contributed by atoms with Crippen LogP contribution in [-0.2, 0) is 10.0 Å². The summed E-state index contributed by atoms with van der Waals surface area (Å²) in [6, 6.07) is 7.89. The van der Waals surface area contributed by atoms with Gasteiger partial charge in [0.05, 0.1) is 5.60 Å². The van der Waals surface area contributed by atoms with Crippen LogP contribution in [0.5, 0.6) is 0 Å². The van der Waals surface area contributed by atoms with Gasteiger partial charge in [-0.25, -0.2) is 0 Å². The zero-order chi connectivity index (χ0) is 12.4. The van der Waals surface area contributed by atoms with Gasteiger partial charge in [-0.05, 0) is 25.0 Å². The van der Waals surface area contributed by atoms with Crippen molar-refractivity contribution in [3.05, 3.63) is 29.8 Å². The Hall–Kier alpha value is -0.803. The van der Waals surface area contributed by atoms with E-state index in [1.54, 1.807) is 0 Å². The van der Waals surface area contributed by atoms with Crippen LogP contribution in [-0.4, -0.2) is 9.76 Å². The number of hydrogen-bond donors (Lipinski definition) is 1. The number of nitrogen functional groups attached to an aromatic ring is 1. The first kappa shape index (κ1) is 13.3. The molecule has 3 heteroatoms. The fourth-order valence-corrected chi connectivity index (χ4v) is 2.05. The first-order valence-electron chi connectivity index (χ1n) is 5.52. The molecule has 0 fully saturated rings. The average Bonchev–Trinajstić information content (AvgIpc) is 2.14. The Bertz CT molecular complexity index is 355. The highest BCUT2D eigenvalue weighted by Crippen LogP contribution is 2.32. The highest BCUT2D eigenvalue weighted by Gasteiger charge is 2.26. The van der Waals surface area contributed by atoms with Crippen LogP contribution in [0.1, 0.15) is 40.2 Å². The third kappa shape index (κ3) is 3.65. The molecule has 2 N–H and O–H groups in total. The molecule has 2 radical (unpaired) electrons. The topological polar surface area (TPSA) is 35.2 Å². The van der Waals surface area contributed by atoms with E-state index in [4.69, 9.17) is 10.2 Å². The van der Waals surface area contributed by atoms with Crippen LogP contribution >= 0.6 is 0 Å². The Morgan fingerprint density at radius 1 is 1.06 bits per heavy atom. The summed E-state index contributed by atoms with van der Waals surface area (Å²) in [5.41, 5.74) is 7.51. The van der Waals surface area contributed by atoms with E-state index in [0.717, 1.165) is 11.3 Å². The Morgan fingerprint density at radius 3 is 2.12 bits per heavy atom. The van der Waals surface area contributed by atoms with E-state index < -0.39 is 0 Å². The molecular formula is C13H21NOSi. The highest BCUT2D eigenvalue weighted by molar-refractivity contribution is 6.31. The molecule has 0 bridgehead atoms. The van der Waals surface area contributed by atoms with Crippen molar-refractivity contribution in [1.29, 1.82) is 0 Å². The molecule has 0 aliphatic rings. The summed E-state index contributed by atoms with van der Waals surface area (Å²) in [6.45, 7) is 10.7. The maximum absolute atomic E-state index is 6.01. The lowest BCUT2D eigenvalue weighted by atomic mass is 9.97. The maximum atomic E-state index is 6.01. The first-order valence-corrected chi connectivity index (χ1v) is 6.43. The second-order valence-electron chi connectivity index (χ2n) is 5.55. The summed E-state index contributed by atoms with van der Waals surface area (Å²) < 4.78 is 6.01. The third-order valence-corrected chi connectivity index (χ3v) is 3.45. The van der Waals surface area contributed by atoms with E-state index in [0.29, 0.717) is 9.76 Å². The van der Waals surface area contributed by atoms with Crippen molar-refractivity contribution in [2.75, 3.05) is 5.73 Å². The van der Waals surface area contributed by atoms with Gasteiger partial charge in [-0.2, -0.15) is 0 Å². The van der Waals surface area contributed by atoms with Gasteiger partial charge < -0.3 is 10.2 Å². The molecule has 0 unspecified atom stereocenters. The number of nitrogens with two attached hydrogens (primary N) is 1. The normalized spacial score (nSPS) is 12.8. The molecule has 1 aromatic rings. The zero-order valence-corrected chi connectivity index (χ0v) is 11.8. The fraction of sp³-hybridized carbons (Fsp3) is 0.538. The Morgan fingerprint density at radius 2 is 1.62 bits per heavy atom. The van der Waals surface area contributed by atoms with Crippen molar-refractivity contribution in [3.8, 4) is 0 Å². The molecule has 0 aliphatic carbocycles. The third-order valence-electron chi connectivity index (χ3n) is 2.22. The smallest absolute Gasteiger partial charge is 0.236 e. The predicted octanol–water partition coefficient (Wildman–Crippen LogP) is 3.36. The molecule has 0 saturated carbocycles. The van der Waals surface area contributed by atoms with Crippen LogP contribution in [0, 0.1) is 0 Å². The molecule has 0 atom stereocenters. The van der Waals surface area contributed by atoms with Gasteiger partial charge in [0.15, 0.2) is 0 Å². The molecule has 0 heterocycles. The van der Waals surface area contributed by atoms with E-state index >= 15 is 0 Å². The molecule has 0 aliphatic heterocycles. The molecule has 88 valence electrons. The lowest BCUT2D eigenvalue weighted by Gasteiger charge is -2.30. The van der Waals surface area contributed by atoms with Crippen molar-refractivity contribution < 1.29 is 4.43 Å². The van der Waals surface area contributed by atoms with Crippen LogP contribution in [0.3, 0.4) is 0 Å². The molecule has 0 aromatic heterocycles. The summed E-state index contributed by atoms with van der Waals surface area (Å²) in [7, 11) is 0.459. The van der Waals surface area contributed by atoms with Gasteiger partial charge in [0.1, 0.15) is 0 Å². The number of para-hydroxylation sites is 1. The second-order valence-corrected chi connectivity index (χ2v) is 7.46. The number of hydrogen-bond acceptors (Lipinski definition) is 2. The molecule has 16 heavy (non-hydrogen) atoms. The van der Waals surface area contributed by atoms with Crippen LogP contribution in [0.4, 0.5) is 5.69 Å². The van der Waals surface area contributed by atoms with Crippen molar-refractivity contribution >= 4 is 15.5 Å². The van der Waals surface area contributed by atoms with E-state index in [-0.39, 0.29) is 10.6 Å². The molecule has 1 aromatic carbocycles. The monoisotopic (exact) mass is 235 g/mol. The van der Waals surface area contributed by atoms with Crippen molar-refractivity contribution in [2.45, 2.75) is 45.3 Å². The minimum Gasteiger partial charge on any atom is -0.408 e. The number of rotatable bonds is 3. The standard InChI is InChI=1S/C13H21NOSi/c1-12(2,3)16-15-13(4,5)10-8-6-7-9-11(10)14/h6-9H,14H2,1-5H3. The van der Waals surface area contributed by atoms with Gasteiger partial charge in [0, 0.05) is 11.3 Å². The Labute approximate surface area is 101 Å². The van der Waals surface area contributed by atoms with Gasteiger partial charge in [-0.3, -0.25) is 0 Å². The van der Waals surface area contributed by atoms with E-state index in [1.165, 1.54) is 0 Å². The minimum absolute atomic E-state index is 0.195. The molecular weight excluding hydrogens is 214 g/mol. The zero-order valence-electron chi connectivity index (χ0n) is 10.8. The lowest BCUT2D eigenvalue weighted by molar-refractivity contribution is 0.110. The summed E-state index contributed by atoms with van der Waals surface area (Å²) in [5.74, 6) is 0. The molecule has 0 amide bonds. The Balaban J connectivity index is 2.82. The second kappa shape index (κ2) is 4.59. The summed E-state index contributed by atoms with van der Waals surface area (Å²) >= 11 is 0. The maximum Gasteiger partial charge on any atom is 0.236 e. The predicted molar refractivity (Wildman–Crippen MR) is 70.4 cm³/mol. The largest absolute Gasteiger partial charge is 0.408 e. The van der Waals surface area contributed by atoms with E-state index in [1.807, 2.05) is 24.3 Å². The van der Waals surface area contributed by atoms with Crippen LogP contribution in [0.2, 0.25) is 5.04 Å². The van der Waals surface area contributed by atoms with Gasteiger partial charge in [0.2, 0.25) is 9.76 Å². The minimum atomic E-state index is -0.322. The summed E-state index contributed by atoms with van der Waals surface area (Å²) in [6.07, 6.45) is 0.